The molecule has 3 heteroatoms. The summed E-state index contributed by atoms with van der Waals surface area (Å²) in [6.07, 6.45) is 0.662. The Labute approximate surface area is 97.2 Å². The van der Waals surface area contributed by atoms with Crippen LogP contribution in [-0.2, 0) is 11.3 Å². The number of rotatable bonds is 2. The zero-order valence-corrected chi connectivity index (χ0v) is 10.0. The highest BCUT2D eigenvalue weighted by Crippen LogP contribution is 2.14. The van der Waals surface area contributed by atoms with Crippen LogP contribution in [0.4, 0.5) is 5.69 Å². The van der Waals surface area contributed by atoms with Crippen molar-refractivity contribution in [3.05, 3.63) is 29.8 Å². The number of anilines is 1. The Balaban J connectivity index is 1.96. The average Bonchev–Trinajstić information content (AvgIpc) is 2.20. The van der Waals surface area contributed by atoms with Gasteiger partial charge in [-0.2, -0.15) is 0 Å². The zero-order chi connectivity index (χ0) is 11.5. The molecule has 1 aliphatic rings. The summed E-state index contributed by atoms with van der Waals surface area (Å²) in [7, 11) is 0. The van der Waals surface area contributed by atoms with Crippen LogP contribution < -0.4 is 5.73 Å². The van der Waals surface area contributed by atoms with Crippen LogP contribution in [0.5, 0.6) is 0 Å². The summed E-state index contributed by atoms with van der Waals surface area (Å²) in [5.41, 5.74) is 7.81. The molecule has 0 unspecified atom stereocenters. The molecule has 1 aromatic rings. The van der Waals surface area contributed by atoms with Gasteiger partial charge in [-0.25, -0.2) is 0 Å². The number of nitrogens with zero attached hydrogens (tertiary/aromatic N) is 1. The predicted molar refractivity (Wildman–Crippen MR) is 66.1 cm³/mol. The largest absolute Gasteiger partial charge is 0.399 e. The molecular formula is C13H20N2O. The molecule has 0 spiro atoms. The molecule has 16 heavy (non-hydrogen) atoms. The third kappa shape index (κ3) is 2.97. The lowest BCUT2D eigenvalue weighted by Crippen LogP contribution is -2.44. The quantitative estimate of drug-likeness (QED) is 0.773. The Morgan fingerprint density at radius 2 is 1.75 bits per heavy atom. The van der Waals surface area contributed by atoms with E-state index in [2.05, 4.69) is 30.9 Å². The number of nitrogen functional groups attached to an aromatic ring is 1. The number of morpholine rings is 1. The molecule has 0 radical (unpaired) electrons. The third-order valence-corrected chi connectivity index (χ3v) is 2.88. The van der Waals surface area contributed by atoms with Crippen LogP contribution >= 0.6 is 0 Å². The van der Waals surface area contributed by atoms with E-state index < -0.39 is 0 Å². The number of ether oxygens (including phenoxy) is 1. The first-order chi connectivity index (χ1) is 7.63. The van der Waals surface area contributed by atoms with E-state index in [1.165, 1.54) is 5.56 Å². The lowest BCUT2D eigenvalue weighted by atomic mass is 10.1. The molecule has 1 heterocycles. The van der Waals surface area contributed by atoms with Gasteiger partial charge in [-0.05, 0) is 31.5 Å². The van der Waals surface area contributed by atoms with Crippen molar-refractivity contribution in [1.29, 1.82) is 0 Å². The van der Waals surface area contributed by atoms with Crippen LogP contribution in [0.2, 0.25) is 0 Å². The van der Waals surface area contributed by atoms with Crippen molar-refractivity contribution in [1.82, 2.24) is 4.90 Å². The van der Waals surface area contributed by atoms with Gasteiger partial charge >= 0.3 is 0 Å². The van der Waals surface area contributed by atoms with E-state index in [1.54, 1.807) is 0 Å². The lowest BCUT2D eigenvalue weighted by Gasteiger charge is -2.35. The van der Waals surface area contributed by atoms with Gasteiger partial charge in [0.15, 0.2) is 0 Å². The van der Waals surface area contributed by atoms with Crippen molar-refractivity contribution in [3.8, 4) is 0 Å². The molecule has 2 N–H and O–H groups in total. The monoisotopic (exact) mass is 220 g/mol. The Kier molecular flexibility index (Phi) is 3.46. The van der Waals surface area contributed by atoms with Gasteiger partial charge in [-0.1, -0.05) is 12.1 Å². The van der Waals surface area contributed by atoms with E-state index in [9.17, 15) is 0 Å². The Morgan fingerprint density at radius 3 is 2.31 bits per heavy atom. The van der Waals surface area contributed by atoms with Crippen LogP contribution in [0.3, 0.4) is 0 Å². The van der Waals surface area contributed by atoms with Gasteiger partial charge < -0.3 is 10.5 Å². The maximum atomic E-state index is 5.71. The van der Waals surface area contributed by atoms with Gasteiger partial charge in [0, 0.05) is 25.3 Å². The van der Waals surface area contributed by atoms with Crippen LogP contribution in [0, 0.1) is 0 Å². The van der Waals surface area contributed by atoms with E-state index in [-0.39, 0.29) is 0 Å². The topological polar surface area (TPSA) is 38.5 Å². The molecule has 0 saturated carbocycles. The maximum absolute atomic E-state index is 5.71. The fourth-order valence-electron chi connectivity index (χ4n) is 2.29. The zero-order valence-electron chi connectivity index (χ0n) is 10.0. The second-order valence-corrected chi connectivity index (χ2v) is 4.69. The fraction of sp³-hybridized carbons (Fsp3) is 0.538. The van der Waals surface area contributed by atoms with Gasteiger partial charge in [0.1, 0.15) is 0 Å². The molecule has 1 aliphatic heterocycles. The van der Waals surface area contributed by atoms with Crippen molar-refractivity contribution in [3.63, 3.8) is 0 Å². The summed E-state index contributed by atoms with van der Waals surface area (Å²) in [5, 5.41) is 0. The highest BCUT2D eigenvalue weighted by Gasteiger charge is 2.21. The van der Waals surface area contributed by atoms with E-state index in [0.29, 0.717) is 12.2 Å². The highest BCUT2D eigenvalue weighted by atomic mass is 16.5. The Bertz CT molecular complexity index is 326. The summed E-state index contributed by atoms with van der Waals surface area (Å²) in [6, 6.07) is 8.12. The first-order valence-corrected chi connectivity index (χ1v) is 5.85. The summed E-state index contributed by atoms with van der Waals surface area (Å²) >= 11 is 0. The van der Waals surface area contributed by atoms with Crippen LogP contribution in [0.25, 0.3) is 0 Å². The van der Waals surface area contributed by atoms with Crippen molar-refractivity contribution in [2.75, 3.05) is 18.8 Å². The minimum absolute atomic E-state index is 0.331. The Morgan fingerprint density at radius 1 is 1.19 bits per heavy atom. The first-order valence-electron chi connectivity index (χ1n) is 5.85. The average molecular weight is 220 g/mol. The van der Waals surface area contributed by atoms with E-state index in [4.69, 9.17) is 10.5 Å². The number of nitrogens with two attached hydrogens (primary N) is 1. The van der Waals surface area contributed by atoms with Gasteiger partial charge in [-0.15, -0.1) is 0 Å². The minimum Gasteiger partial charge on any atom is -0.399 e. The second-order valence-electron chi connectivity index (χ2n) is 4.69. The van der Waals surface area contributed by atoms with E-state index in [0.717, 1.165) is 25.3 Å². The summed E-state index contributed by atoms with van der Waals surface area (Å²) in [6.45, 7) is 7.26. The molecule has 2 atom stereocenters. The molecule has 88 valence electrons. The third-order valence-electron chi connectivity index (χ3n) is 2.88. The fourth-order valence-corrected chi connectivity index (χ4v) is 2.29. The van der Waals surface area contributed by atoms with Crippen molar-refractivity contribution in [2.24, 2.45) is 0 Å². The molecular weight excluding hydrogens is 200 g/mol. The second kappa shape index (κ2) is 4.85. The predicted octanol–water partition coefficient (Wildman–Crippen LogP) is 1.88. The van der Waals surface area contributed by atoms with Gasteiger partial charge in [0.05, 0.1) is 12.2 Å². The molecule has 0 bridgehead atoms. The van der Waals surface area contributed by atoms with Crippen LogP contribution in [-0.4, -0.2) is 30.2 Å². The molecule has 3 nitrogen and oxygen atoms in total. The van der Waals surface area contributed by atoms with Crippen LogP contribution in [0.15, 0.2) is 24.3 Å². The van der Waals surface area contributed by atoms with Crippen molar-refractivity contribution < 1.29 is 4.74 Å². The van der Waals surface area contributed by atoms with Gasteiger partial charge in [-0.3, -0.25) is 4.90 Å². The maximum Gasteiger partial charge on any atom is 0.0678 e. The molecule has 0 aliphatic carbocycles. The summed E-state index contributed by atoms with van der Waals surface area (Å²) in [5.74, 6) is 0. The molecule has 1 aromatic carbocycles. The minimum atomic E-state index is 0.331. The van der Waals surface area contributed by atoms with E-state index >= 15 is 0 Å². The van der Waals surface area contributed by atoms with Gasteiger partial charge in [0.2, 0.25) is 0 Å². The summed E-state index contributed by atoms with van der Waals surface area (Å²) < 4.78 is 5.71. The molecule has 2 rings (SSSR count). The van der Waals surface area contributed by atoms with Crippen molar-refractivity contribution in [2.45, 2.75) is 32.6 Å². The highest BCUT2D eigenvalue weighted by molar-refractivity contribution is 5.39. The number of benzene rings is 1. The van der Waals surface area contributed by atoms with Gasteiger partial charge in [0.25, 0.3) is 0 Å². The smallest absolute Gasteiger partial charge is 0.0678 e. The normalized spacial score (nSPS) is 26.9. The lowest BCUT2D eigenvalue weighted by molar-refractivity contribution is -0.0704. The Hall–Kier alpha value is -1.06. The number of hydrogen-bond acceptors (Lipinski definition) is 3. The molecule has 0 amide bonds. The molecule has 0 aromatic heterocycles. The SMILES string of the molecule is C[C@@H]1CN(Cc2ccc(N)cc2)C[C@H](C)O1. The number of hydrogen-bond donors (Lipinski definition) is 1. The van der Waals surface area contributed by atoms with Crippen molar-refractivity contribution >= 4 is 5.69 Å². The standard InChI is InChI=1S/C13H20N2O/c1-10-7-15(8-11(2)16-10)9-12-3-5-13(14)6-4-12/h3-6,10-11H,7-9,14H2,1-2H3/t10-,11+. The first kappa shape index (κ1) is 11.4. The molecule has 1 saturated heterocycles. The van der Waals surface area contributed by atoms with E-state index in [1.807, 2.05) is 12.1 Å². The summed E-state index contributed by atoms with van der Waals surface area (Å²) in [4.78, 5) is 2.43. The van der Waals surface area contributed by atoms with Crippen LogP contribution in [0.1, 0.15) is 19.4 Å². The molecule has 1 fully saturated rings.